The summed E-state index contributed by atoms with van der Waals surface area (Å²) >= 11 is 0. The van der Waals surface area contributed by atoms with Crippen molar-refractivity contribution < 1.29 is 17.9 Å². The largest absolute Gasteiger partial charge is 0.496 e. The summed E-state index contributed by atoms with van der Waals surface area (Å²) < 4.78 is 40.3. The molecule has 0 atom stereocenters. The van der Waals surface area contributed by atoms with Crippen LogP contribution >= 0.6 is 0 Å². The van der Waals surface area contributed by atoms with Gasteiger partial charge in [0.25, 0.3) is 5.56 Å². The third kappa shape index (κ3) is 3.41. The van der Waals surface area contributed by atoms with Gasteiger partial charge in [-0.2, -0.15) is 4.98 Å². The number of nitrogens with zero attached hydrogens (tertiary/aromatic N) is 4. The molecule has 2 heterocycles. The lowest BCUT2D eigenvalue weighted by atomic mass is 10.2. The lowest BCUT2D eigenvalue weighted by molar-refractivity contribution is 0.338. The molecule has 0 saturated carbocycles. The minimum absolute atomic E-state index is 0.00853. The Kier molecular flexibility index (Phi) is 5.26. The predicted octanol–water partition coefficient (Wildman–Crippen LogP) is 0.352. The first-order valence-electron chi connectivity index (χ1n) is 8.77. The highest BCUT2D eigenvalue weighted by molar-refractivity contribution is 7.90. The number of ether oxygens (including phenoxy) is 2. The number of hydrogen-bond acceptors (Lipinski definition) is 7. The normalized spacial score (nSPS) is 11.8. The number of imidazole rings is 1. The van der Waals surface area contributed by atoms with Crippen LogP contribution in [0.2, 0.25) is 0 Å². The summed E-state index contributed by atoms with van der Waals surface area (Å²) in [7, 11) is 1.66. The van der Waals surface area contributed by atoms with Gasteiger partial charge >= 0.3 is 5.69 Å². The molecule has 0 aliphatic carbocycles. The van der Waals surface area contributed by atoms with Crippen LogP contribution in [0.3, 0.4) is 0 Å². The highest BCUT2D eigenvalue weighted by Crippen LogP contribution is 2.28. The molecule has 156 valence electrons. The van der Waals surface area contributed by atoms with Crippen molar-refractivity contribution in [2.75, 3.05) is 13.7 Å². The van der Waals surface area contributed by atoms with Crippen LogP contribution in [0.25, 0.3) is 11.2 Å². The van der Waals surface area contributed by atoms with Gasteiger partial charge in [-0.25, -0.2) is 13.2 Å². The molecule has 1 aromatic carbocycles. The Labute approximate surface area is 166 Å². The van der Waals surface area contributed by atoms with Gasteiger partial charge in [0.2, 0.25) is 15.0 Å². The summed E-state index contributed by atoms with van der Waals surface area (Å²) in [4.78, 5) is 28.7. The van der Waals surface area contributed by atoms with E-state index in [-0.39, 0.29) is 16.3 Å². The molecule has 0 saturated heterocycles. The van der Waals surface area contributed by atoms with Crippen LogP contribution in [-0.2, 0) is 36.7 Å². The maximum absolute atomic E-state index is 13.1. The fourth-order valence-corrected chi connectivity index (χ4v) is 4.67. The molecule has 0 radical (unpaired) electrons. The molecule has 0 fully saturated rings. The molecule has 0 aliphatic rings. The van der Waals surface area contributed by atoms with Crippen LogP contribution in [0.5, 0.6) is 11.5 Å². The first kappa shape index (κ1) is 20.6. The van der Waals surface area contributed by atoms with E-state index < -0.39 is 26.8 Å². The van der Waals surface area contributed by atoms with Crippen LogP contribution in [0.15, 0.2) is 32.9 Å². The van der Waals surface area contributed by atoms with Crippen LogP contribution in [0, 0.1) is 0 Å². The average Bonchev–Trinajstić information content (AvgIpc) is 3.03. The van der Waals surface area contributed by atoms with Crippen molar-refractivity contribution in [1.82, 2.24) is 18.7 Å². The van der Waals surface area contributed by atoms with E-state index in [1.165, 1.54) is 32.8 Å². The van der Waals surface area contributed by atoms with Gasteiger partial charge in [-0.05, 0) is 25.1 Å². The number of methoxy groups -OCH3 is 1. The SMILES string of the molecule is CCOc1ccc(OC)c(CS(=O)(=O)c2nc3c(c(=O)n(C)c(=O)n3C)n2C)c1. The molecule has 10 nitrogen and oxygen atoms in total. The fraction of sp³-hybridized carbons (Fsp3) is 0.389. The zero-order valence-corrected chi connectivity index (χ0v) is 17.6. The summed E-state index contributed by atoms with van der Waals surface area (Å²) in [6.07, 6.45) is 0. The van der Waals surface area contributed by atoms with Crippen molar-refractivity contribution >= 4 is 21.0 Å². The molecule has 0 amide bonds. The number of aromatic nitrogens is 4. The molecule has 2 aromatic heterocycles. The van der Waals surface area contributed by atoms with Crippen LogP contribution in [0.1, 0.15) is 12.5 Å². The van der Waals surface area contributed by atoms with E-state index >= 15 is 0 Å². The second kappa shape index (κ2) is 7.39. The molecule has 0 spiro atoms. The van der Waals surface area contributed by atoms with Gasteiger partial charge in [0.05, 0.1) is 19.5 Å². The molecule has 11 heteroatoms. The van der Waals surface area contributed by atoms with Gasteiger partial charge in [-0.1, -0.05) is 0 Å². The highest BCUT2D eigenvalue weighted by Gasteiger charge is 2.27. The molecule has 0 bridgehead atoms. The maximum Gasteiger partial charge on any atom is 0.332 e. The maximum atomic E-state index is 13.1. The van der Waals surface area contributed by atoms with Crippen molar-refractivity contribution in [3.05, 3.63) is 44.6 Å². The van der Waals surface area contributed by atoms with Crippen molar-refractivity contribution in [2.24, 2.45) is 21.1 Å². The minimum Gasteiger partial charge on any atom is -0.496 e. The number of aryl methyl sites for hydroxylation is 2. The summed E-state index contributed by atoms with van der Waals surface area (Å²) in [6.45, 7) is 2.26. The predicted molar refractivity (Wildman–Crippen MR) is 106 cm³/mol. The molecule has 29 heavy (non-hydrogen) atoms. The number of rotatable bonds is 6. The smallest absolute Gasteiger partial charge is 0.332 e. The van der Waals surface area contributed by atoms with Gasteiger partial charge in [0, 0.05) is 26.7 Å². The van der Waals surface area contributed by atoms with Crippen LogP contribution in [-0.4, -0.2) is 40.8 Å². The Morgan fingerprint density at radius 1 is 1.07 bits per heavy atom. The Hall–Kier alpha value is -3.08. The van der Waals surface area contributed by atoms with Crippen molar-refractivity contribution in [2.45, 2.75) is 17.8 Å². The first-order chi connectivity index (χ1) is 13.6. The Morgan fingerprint density at radius 2 is 1.76 bits per heavy atom. The van der Waals surface area contributed by atoms with Gasteiger partial charge in [-0.15, -0.1) is 0 Å². The Balaban J connectivity index is 2.18. The number of sulfone groups is 1. The third-order valence-electron chi connectivity index (χ3n) is 4.62. The molecule has 0 N–H and O–H groups in total. The van der Waals surface area contributed by atoms with Gasteiger partial charge in [0.1, 0.15) is 11.5 Å². The summed E-state index contributed by atoms with van der Waals surface area (Å²) in [5.41, 5.74) is -0.768. The van der Waals surface area contributed by atoms with E-state index in [1.807, 2.05) is 6.92 Å². The zero-order valence-electron chi connectivity index (χ0n) is 16.8. The number of benzene rings is 1. The van der Waals surface area contributed by atoms with Gasteiger partial charge in [-0.3, -0.25) is 13.9 Å². The molecule has 0 unspecified atom stereocenters. The lowest BCUT2D eigenvalue weighted by Crippen LogP contribution is -2.37. The van der Waals surface area contributed by atoms with Gasteiger partial charge in [0.15, 0.2) is 11.2 Å². The van der Waals surface area contributed by atoms with E-state index in [0.29, 0.717) is 23.7 Å². The van der Waals surface area contributed by atoms with E-state index in [2.05, 4.69) is 4.98 Å². The van der Waals surface area contributed by atoms with Crippen molar-refractivity contribution in [3.63, 3.8) is 0 Å². The molecular formula is C18H22N4O6S. The molecule has 3 aromatic rings. The average molecular weight is 422 g/mol. The van der Waals surface area contributed by atoms with Crippen molar-refractivity contribution in [1.29, 1.82) is 0 Å². The molecular weight excluding hydrogens is 400 g/mol. The summed E-state index contributed by atoms with van der Waals surface area (Å²) in [6, 6.07) is 4.91. The second-order valence-corrected chi connectivity index (χ2v) is 8.38. The monoisotopic (exact) mass is 422 g/mol. The Morgan fingerprint density at radius 3 is 2.38 bits per heavy atom. The zero-order chi connectivity index (χ0) is 21.5. The van der Waals surface area contributed by atoms with Crippen LogP contribution < -0.4 is 20.7 Å². The second-order valence-electron chi connectivity index (χ2n) is 6.50. The van der Waals surface area contributed by atoms with E-state index in [9.17, 15) is 18.0 Å². The Bertz CT molecular complexity index is 1320. The van der Waals surface area contributed by atoms with Gasteiger partial charge < -0.3 is 14.0 Å². The van der Waals surface area contributed by atoms with E-state index in [1.54, 1.807) is 18.2 Å². The summed E-state index contributed by atoms with van der Waals surface area (Å²) in [5.74, 6) is 0.488. The minimum atomic E-state index is -3.98. The van der Waals surface area contributed by atoms with E-state index in [4.69, 9.17) is 9.47 Å². The molecule has 3 rings (SSSR count). The topological polar surface area (TPSA) is 114 Å². The number of hydrogen-bond donors (Lipinski definition) is 0. The van der Waals surface area contributed by atoms with Crippen molar-refractivity contribution in [3.8, 4) is 11.5 Å². The third-order valence-corrected chi connectivity index (χ3v) is 6.23. The van der Waals surface area contributed by atoms with E-state index in [0.717, 1.165) is 9.13 Å². The fourth-order valence-electron chi connectivity index (χ4n) is 3.17. The first-order valence-corrected chi connectivity index (χ1v) is 10.4. The molecule has 0 aliphatic heterocycles. The highest BCUT2D eigenvalue weighted by atomic mass is 32.2. The lowest BCUT2D eigenvalue weighted by Gasteiger charge is -2.11. The number of fused-ring (bicyclic) bond motifs is 1. The van der Waals surface area contributed by atoms with Crippen LogP contribution in [0.4, 0.5) is 0 Å². The summed E-state index contributed by atoms with van der Waals surface area (Å²) in [5, 5.41) is -0.310. The standard InChI is InChI=1S/C18H22N4O6S/c1-6-28-12-7-8-13(27-5)11(9-12)10-29(25,26)17-19-15-14(20(17)2)16(23)22(4)18(24)21(15)3/h7-9H,6,10H2,1-5H3. The quantitative estimate of drug-likeness (QED) is 0.563.